The van der Waals surface area contributed by atoms with E-state index in [4.69, 9.17) is 12.2 Å². The van der Waals surface area contributed by atoms with Gasteiger partial charge in [-0.2, -0.15) is 0 Å². The zero-order valence-corrected chi connectivity index (χ0v) is 21.8. The molecule has 1 heterocycles. The van der Waals surface area contributed by atoms with E-state index < -0.39 is 0 Å². The van der Waals surface area contributed by atoms with Crippen LogP contribution in [0, 0.1) is 0 Å². The molecule has 1 fully saturated rings. The zero-order valence-electron chi connectivity index (χ0n) is 20.2. The highest BCUT2D eigenvalue weighted by atomic mass is 32.2. The van der Waals surface area contributed by atoms with Crippen molar-refractivity contribution in [3.63, 3.8) is 0 Å². The van der Waals surface area contributed by atoms with Gasteiger partial charge in [0.25, 0.3) is 5.91 Å². The Hall–Kier alpha value is -3.48. The van der Waals surface area contributed by atoms with E-state index in [1.165, 1.54) is 11.8 Å². The number of benzene rings is 3. The lowest BCUT2D eigenvalue weighted by molar-refractivity contribution is -0.123. The van der Waals surface area contributed by atoms with Gasteiger partial charge in [0.15, 0.2) is 0 Å². The fraction of sp³-hybridized carbons (Fsp3) is 0.167. The molecule has 3 aromatic rings. The van der Waals surface area contributed by atoms with E-state index in [2.05, 4.69) is 0 Å². The van der Waals surface area contributed by atoms with E-state index in [1.54, 1.807) is 9.80 Å². The molecule has 6 heteroatoms. The van der Waals surface area contributed by atoms with Crippen LogP contribution in [0.15, 0.2) is 108 Å². The number of carbonyl (C=O) groups is 2. The lowest BCUT2D eigenvalue weighted by Crippen LogP contribution is -2.33. The minimum Gasteiger partial charge on any atom is -0.308 e. The molecule has 0 aromatic heterocycles. The summed E-state index contributed by atoms with van der Waals surface area (Å²) in [4.78, 5) is 30.3. The van der Waals surface area contributed by atoms with E-state index in [0.717, 1.165) is 22.4 Å². The maximum atomic E-state index is 13.2. The lowest BCUT2D eigenvalue weighted by Gasteiger charge is -2.24. The number of amides is 2. The van der Waals surface area contributed by atoms with E-state index in [1.807, 2.05) is 110 Å². The minimum absolute atomic E-state index is 0.0210. The van der Waals surface area contributed by atoms with E-state index in [-0.39, 0.29) is 11.8 Å². The Morgan fingerprint density at radius 1 is 0.944 bits per heavy atom. The van der Waals surface area contributed by atoms with Crippen molar-refractivity contribution in [2.24, 2.45) is 0 Å². The van der Waals surface area contributed by atoms with Crippen molar-refractivity contribution in [2.45, 2.75) is 26.3 Å². The van der Waals surface area contributed by atoms with Crippen LogP contribution in [-0.4, -0.2) is 27.6 Å². The van der Waals surface area contributed by atoms with Crippen molar-refractivity contribution in [2.75, 3.05) is 11.4 Å². The van der Waals surface area contributed by atoms with Crippen LogP contribution in [0.3, 0.4) is 0 Å². The number of allylic oxidation sites excluding steroid dienone is 2. The summed E-state index contributed by atoms with van der Waals surface area (Å²) < 4.78 is 0.537. The van der Waals surface area contributed by atoms with Crippen molar-refractivity contribution in [1.29, 1.82) is 0 Å². The van der Waals surface area contributed by atoms with E-state index in [0.29, 0.717) is 35.2 Å². The first-order valence-corrected chi connectivity index (χ1v) is 13.1. The van der Waals surface area contributed by atoms with Gasteiger partial charge >= 0.3 is 0 Å². The molecular weight excluding hydrogens is 484 g/mol. The molecule has 0 spiro atoms. The van der Waals surface area contributed by atoms with Crippen LogP contribution < -0.4 is 4.90 Å². The van der Waals surface area contributed by atoms with Gasteiger partial charge in [0, 0.05) is 18.7 Å². The first kappa shape index (κ1) is 25.6. The summed E-state index contributed by atoms with van der Waals surface area (Å²) in [7, 11) is 0. The second-order valence-electron chi connectivity index (χ2n) is 8.54. The molecule has 0 radical (unpaired) electrons. The van der Waals surface area contributed by atoms with Crippen molar-refractivity contribution < 1.29 is 9.59 Å². The molecular formula is C30H28N2O2S2. The van der Waals surface area contributed by atoms with Crippen LogP contribution >= 0.6 is 24.0 Å². The van der Waals surface area contributed by atoms with Crippen molar-refractivity contribution in [1.82, 2.24) is 4.90 Å². The van der Waals surface area contributed by atoms with Gasteiger partial charge in [0.2, 0.25) is 5.91 Å². The summed E-state index contributed by atoms with van der Waals surface area (Å²) in [6.45, 7) is 2.90. The molecule has 0 saturated carbocycles. The van der Waals surface area contributed by atoms with Gasteiger partial charge in [-0.3, -0.25) is 14.5 Å². The monoisotopic (exact) mass is 512 g/mol. The predicted molar refractivity (Wildman–Crippen MR) is 153 cm³/mol. The summed E-state index contributed by atoms with van der Waals surface area (Å²) in [5.74, 6) is -0.0739. The van der Waals surface area contributed by atoms with Crippen LogP contribution in [0.5, 0.6) is 0 Å². The van der Waals surface area contributed by atoms with Crippen LogP contribution in [-0.2, 0) is 16.1 Å². The molecule has 0 bridgehead atoms. The Bertz CT molecular complexity index is 1270. The maximum absolute atomic E-state index is 13.2. The van der Waals surface area contributed by atoms with Gasteiger partial charge < -0.3 is 4.90 Å². The lowest BCUT2D eigenvalue weighted by atomic mass is 10.1. The van der Waals surface area contributed by atoms with Crippen LogP contribution in [0.1, 0.15) is 30.9 Å². The molecule has 1 aliphatic heterocycles. The average molecular weight is 513 g/mol. The third-order valence-corrected chi connectivity index (χ3v) is 7.13. The molecule has 1 saturated heterocycles. The normalized spacial score (nSPS) is 15.0. The van der Waals surface area contributed by atoms with Gasteiger partial charge in [0.05, 0.1) is 11.4 Å². The summed E-state index contributed by atoms with van der Waals surface area (Å²) in [5.41, 5.74) is 3.99. The first-order valence-electron chi connectivity index (χ1n) is 11.9. The van der Waals surface area contributed by atoms with E-state index in [9.17, 15) is 9.59 Å². The van der Waals surface area contributed by atoms with Gasteiger partial charge in [-0.05, 0) is 48.3 Å². The predicted octanol–water partition coefficient (Wildman–Crippen LogP) is 6.85. The smallest absolute Gasteiger partial charge is 0.266 e. The second-order valence-corrected chi connectivity index (χ2v) is 10.2. The summed E-state index contributed by atoms with van der Waals surface area (Å²) in [6.07, 6.45) is 4.78. The Morgan fingerprint density at radius 2 is 1.56 bits per heavy atom. The number of thioether (sulfide) groups is 1. The Labute approximate surface area is 222 Å². The van der Waals surface area contributed by atoms with Gasteiger partial charge in [-0.15, -0.1) is 0 Å². The first-order chi connectivity index (χ1) is 17.5. The molecule has 4 nitrogen and oxygen atoms in total. The Balaban J connectivity index is 1.38. The fourth-order valence-corrected chi connectivity index (χ4v) is 5.33. The van der Waals surface area contributed by atoms with Crippen LogP contribution in [0.2, 0.25) is 0 Å². The largest absolute Gasteiger partial charge is 0.308 e. The quantitative estimate of drug-likeness (QED) is 0.232. The number of para-hydroxylation sites is 1. The van der Waals surface area contributed by atoms with Crippen LogP contribution in [0.4, 0.5) is 5.69 Å². The maximum Gasteiger partial charge on any atom is 0.266 e. The number of hydrogen-bond acceptors (Lipinski definition) is 4. The molecule has 1 aliphatic rings. The van der Waals surface area contributed by atoms with Gasteiger partial charge in [0.1, 0.15) is 4.32 Å². The number of carbonyl (C=O) groups excluding carboxylic acids is 2. The van der Waals surface area contributed by atoms with Crippen molar-refractivity contribution in [3.05, 3.63) is 119 Å². The van der Waals surface area contributed by atoms with Crippen molar-refractivity contribution >= 4 is 51.9 Å². The second kappa shape index (κ2) is 12.5. The molecule has 0 unspecified atom stereocenters. The topological polar surface area (TPSA) is 40.6 Å². The fourth-order valence-electron chi connectivity index (χ4n) is 3.97. The highest BCUT2D eigenvalue weighted by molar-refractivity contribution is 8.26. The zero-order chi connectivity index (χ0) is 25.3. The minimum atomic E-state index is -0.0949. The van der Waals surface area contributed by atoms with Crippen molar-refractivity contribution in [3.8, 4) is 0 Å². The molecule has 36 heavy (non-hydrogen) atoms. The standard InChI is InChI=1S/C30H28N2O2S2/c1-23(20-24-12-5-2-6-13-24)21-27-29(34)31(30(35)36-27)19-11-18-28(33)32(26-16-9-4-10-17-26)22-25-14-7-3-8-15-25/h2-10,12-17,20-21H,11,18-19,22H2,1H3/b23-20+,27-21-. The number of rotatable bonds is 9. The van der Waals surface area contributed by atoms with Gasteiger partial charge in [-0.25, -0.2) is 0 Å². The van der Waals surface area contributed by atoms with Crippen LogP contribution in [0.25, 0.3) is 6.08 Å². The Kier molecular flexibility index (Phi) is 8.87. The van der Waals surface area contributed by atoms with E-state index >= 15 is 0 Å². The molecule has 3 aromatic carbocycles. The Morgan fingerprint density at radius 3 is 2.22 bits per heavy atom. The summed E-state index contributed by atoms with van der Waals surface area (Å²) >= 11 is 6.80. The number of anilines is 1. The molecule has 0 aliphatic carbocycles. The molecule has 0 atom stereocenters. The highest BCUT2D eigenvalue weighted by Gasteiger charge is 2.31. The molecule has 4 rings (SSSR count). The SMILES string of the molecule is CC(/C=C1\SC(=S)N(CCCC(=O)N(Cc2ccccc2)c2ccccc2)C1=O)=C\c1ccccc1. The van der Waals surface area contributed by atoms with Gasteiger partial charge in [-0.1, -0.05) is 109 Å². The third-order valence-electron chi connectivity index (χ3n) is 5.75. The average Bonchev–Trinajstić information content (AvgIpc) is 3.16. The highest BCUT2D eigenvalue weighted by Crippen LogP contribution is 2.32. The molecule has 182 valence electrons. The number of nitrogens with zero attached hydrogens (tertiary/aromatic N) is 2. The summed E-state index contributed by atoms with van der Waals surface area (Å²) in [6, 6.07) is 29.6. The number of thiocarbonyl (C=S) groups is 1. The molecule has 0 N–H and O–H groups in total. The number of hydrogen-bond donors (Lipinski definition) is 0. The third kappa shape index (κ3) is 6.80. The summed E-state index contributed by atoms with van der Waals surface area (Å²) in [5, 5.41) is 0. The molecule has 2 amide bonds.